The molecule has 0 aliphatic heterocycles. The summed E-state index contributed by atoms with van der Waals surface area (Å²) in [5.41, 5.74) is -0.459. The Balaban J connectivity index is 2.88. The minimum atomic E-state index is -2.49. The molecule has 0 saturated heterocycles. The molecule has 84 valence electrons. The van der Waals surface area contributed by atoms with E-state index in [1.165, 1.54) is 17.3 Å². The van der Waals surface area contributed by atoms with E-state index in [1.54, 1.807) is 0 Å². The van der Waals surface area contributed by atoms with Crippen molar-refractivity contribution in [2.75, 3.05) is 23.3 Å². The van der Waals surface area contributed by atoms with E-state index in [0.717, 1.165) is 0 Å². The first-order chi connectivity index (χ1) is 7.15. The highest BCUT2D eigenvalue weighted by molar-refractivity contribution is 9.09. The number of nitrogens with zero attached hydrogens (tertiary/aromatic N) is 2. The summed E-state index contributed by atoms with van der Waals surface area (Å²) in [7, 11) is 0. The first kappa shape index (κ1) is 12.1. The second-order valence-corrected chi connectivity index (χ2v) is 3.56. The van der Waals surface area contributed by atoms with Gasteiger partial charge in [-0.2, -0.15) is 0 Å². The molecule has 1 N–H and O–H groups in total. The lowest BCUT2D eigenvalue weighted by Crippen LogP contribution is -2.35. The minimum Gasteiger partial charge on any atom is -0.345 e. The van der Waals surface area contributed by atoms with Crippen LogP contribution in [-0.4, -0.2) is 34.8 Å². The molecular formula is C8H10BrF2N3O. The standard InChI is InChI=1S/C8H10BrF2N3O/c9-1-4-14(5-6(10)11)7-8(15)13-3-2-12-7/h2-3,6H,1,4-5H2,(H,13,15). The van der Waals surface area contributed by atoms with Crippen LogP contribution in [0.2, 0.25) is 0 Å². The average molecular weight is 282 g/mol. The number of aromatic nitrogens is 2. The molecule has 0 bridgehead atoms. The number of H-pyrrole nitrogens is 1. The zero-order valence-corrected chi connectivity index (χ0v) is 9.38. The van der Waals surface area contributed by atoms with Crippen LogP contribution >= 0.6 is 15.9 Å². The van der Waals surface area contributed by atoms with E-state index in [0.29, 0.717) is 11.9 Å². The molecule has 7 heteroatoms. The molecule has 1 aromatic heterocycles. The highest BCUT2D eigenvalue weighted by Crippen LogP contribution is 2.06. The summed E-state index contributed by atoms with van der Waals surface area (Å²) in [5, 5.41) is 0.496. The molecule has 0 unspecified atom stereocenters. The Hall–Kier alpha value is -0.980. The van der Waals surface area contributed by atoms with Crippen LogP contribution in [0.1, 0.15) is 0 Å². The Morgan fingerprint density at radius 3 is 2.87 bits per heavy atom. The minimum absolute atomic E-state index is 0.0252. The predicted octanol–water partition coefficient (Wildman–Crippen LogP) is 1.24. The summed E-state index contributed by atoms with van der Waals surface area (Å²) >= 11 is 3.14. The van der Waals surface area contributed by atoms with Crippen LogP contribution in [0.4, 0.5) is 14.6 Å². The van der Waals surface area contributed by atoms with Crippen molar-refractivity contribution in [2.45, 2.75) is 6.43 Å². The van der Waals surface area contributed by atoms with Crippen molar-refractivity contribution in [3.63, 3.8) is 0 Å². The highest BCUT2D eigenvalue weighted by atomic mass is 79.9. The fourth-order valence-corrected chi connectivity index (χ4v) is 1.55. The molecule has 1 rings (SSSR count). The molecule has 0 aromatic carbocycles. The molecule has 4 nitrogen and oxygen atoms in total. The third kappa shape index (κ3) is 3.58. The number of alkyl halides is 3. The van der Waals surface area contributed by atoms with Gasteiger partial charge in [-0.1, -0.05) is 15.9 Å². The zero-order chi connectivity index (χ0) is 11.3. The van der Waals surface area contributed by atoms with Crippen LogP contribution < -0.4 is 10.5 Å². The molecule has 0 spiro atoms. The predicted molar refractivity (Wildman–Crippen MR) is 56.9 cm³/mol. The molecule has 0 atom stereocenters. The summed E-state index contributed by atoms with van der Waals surface area (Å²) in [6, 6.07) is 0. The maximum absolute atomic E-state index is 12.2. The monoisotopic (exact) mass is 281 g/mol. The Morgan fingerprint density at radius 1 is 1.60 bits per heavy atom. The SMILES string of the molecule is O=c1[nH]ccnc1N(CCBr)CC(F)F. The van der Waals surface area contributed by atoms with Gasteiger partial charge in [-0.3, -0.25) is 4.79 Å². The maximum Gasteiger partial charge on any atom is 0.290 e. The molecule has 0 amide bonds. The first-order valence-corrected chi connectivity index (χ1v) is 5.40. The van der Waals surface area contributed by atoms with Gasteiger partial charge in [0.05, 0.1) is 6.54 Å². The van der Waals surface area contributed by atoms with Gasteiger partial charge in [-0.25, -0.2) is 13.8 Å². The van der Waals surface area contributed by atoms with E-state index < -0.39 is 18.5 Å². The van der Waals surface area contributed by atoms with Crippen LogP contribution in [0.5, 0.6) is 0 Å². The van der Waals surface area contributed by atoms with Crippen molar-refractivity contribution in [2.24, 2.45) is 0 Å². The lowest BCUT2D eigenvalue weighted by Gasteiger charge is -2.20. The van der Waals surface area contributed by atoms with Gasteiger partial charge >= 0.3 is 0 Å². The molecule has 0 radical (unpaired) electrons. The van der Waals surface area contributed by atoms with Crippen molar-refractivity contribution in [3.05, 3.63) is 22.7 Å². The second-order valence-electron chi connectivity index (χ2n) is 2.77. The summed E-state index contributed by atoms with van der Waals surface area (Å²) in [5.74, 6) is 0.0252. The van der Waals surface area contributed by atoms with Crippen molar-refractivity contribution in [1.82, 2.24) is 9.97 Å². The largest absolute Gasteiger partial charge is 0.345 e. The van der Waals surface area contributed by atoms with E-state index in [-0.39, 0.29) is 5.82 Å². The van der Waals surface area contributed by atoms with E-state index >= 15 is 0 Å². The molecule has 0 aliphatic carbocycles. The Bertz CT molecular complexity index is 358. The number of hydrogen-bond acceptors (Lipinski definition) is 3. The van der Waals surface area contributed by atoms with Gasteiger partial charge in [0.25, 0.3) is 12.0 Å². The molecule has 0 aliphatic rings. The average Bonchev–Trinajstić information content (AvgIpc) is 2.17. The molecule has 1 heterocycles. The van der Waals surface area contributed by atoms with Crippen LogP contribution in [0.25, 0.3) is 0 Å². The van der Waals surface area contributed by atoms with Crippen LogP contribution in [0.3, 0.4) is 0 Å². The lowest BCUT2D eigenvalue weighted by atomic mass is 10.4. The van der Waals surface area contributed by atoms with Gasteiger partial charge in [-0.05, 0) is 0 Å². The van der Waals surface area contributed by atoms with Crippen LogP contribution in [0.15, 0.2) is 17.2 Å². The van der Waals surface area contributed by atoms with Crippen molar-refractivity contribution >= 4 is 21.7 Å². The number of anilines is 1. The van der Waals surface area contributed by atoms with Crippen molar-refractivity contribution in [1.29, 1.82) is 0 Å². The molecule has 15 heavy (non-hydrogen) atoms. The number of halogens is 3. The molecular weight excluding hydrogens is 272 g/mol. The fraction of sp³-hybridized carbons (Fsp3) is 0.500. The smallest absolute Gasteiger partial charge is 0.290 e. The van der Waals surface area contributed by atoms with Gasteiger partial charge in [0.1, 0.15) is 0 Å². The third-order valence-electron chi connectivity index (χ3n) is 1.70. The molecule has 1 aromatic rings. The number of rotatable bonds is 5. The number of nitrogens with one attached hydrogen (secondary N) is 1. The van der Waals surface area contributed by atoms with Gasteiger partial charge in [0.15, 0.2) is 5.82 Å². The number of hydrogen-bond donors (Lipinski definition) is 1. The molecule has 0 saturated carbocycles. The van der Waals surface area contributed by atoms with Crippen LogP contribution in [0, 0.1) is 0 Å². The quantitative estimate of drug-likeness (QED) is 0.826. The summed E-state index contributed by atoms with van der Waals surface area (Å²) < 4.78 is 24.5. The highest BCUT2D eigenvalue weighted by Gasteiger charge is 2.15. The van der Waals surface area contributed by atoms with Crippen molar-refractivity contribution < 1.29 is 8.78 Å². The van der Waals surface area contributed by atoms with Crippen molar-refractivity contribution in [3.8, 4) is 0 Å². The summed E-state index contributed by atoms with van der Waals surface area (Å²) in [6.07, 6.45) is 0.231. The third-order valence-corrected chi connectivity index (χ3v) is 2.06. The van der Waals surface area contributed by atoms with Crippen LogP contribution in [-0.2, 0) is 0 Å². The first-order valence-electron chi connectivity index (χ1n) is 4.28. The van der Waals surface area contributed by atoms with Gasteiger partial charge in [0.2, 0.25) is 0 Å². The maximum atomic E-state index is 12.2. The Labute approximate surface area is 93.5 Å². The van der Waals surface area contributed by atoms with E-state index in [1.807, 2.05) is 0 Å². The zero-order valence-electron chi connectivity index (χ0n) is 7.79. The Kier molecular flexibility index (Phi) is 4.67. The van der Waals surface area contributed by atoms with E-state index in [2.05, 4.69) is 25.9 Å². The van der Waals surface area contributed by atoms with Gasteiger partial charge < -0.3 is 9.88 Å². The van der Waals surface area contributed by atoms with Gasteiger partial charge in [0, 0.05) is 24.3 Å². The Morgan fingerprint density at radius 2 is 2.33 bits per heavy atom. The summed E-state index contributed by atoms with van der Waals surface area (Å²) in [4.78, 5) is 18.7. The van der Waals surface area contributed by atoms with E-state index in [4.69, 9.17) is 0 Å². The van der Waals surface area contributed by atoms with E-state index in [9.17, 15) is 13.6 Å². The fourth-order valence-electron chi connectivity index (χ4n) is 1.12. The number of aromatic amines is 1. The normalized spacial score (nSPS) is 10.7. The molecule has 0 fully saturated rings. The summed E-state index contributed by atoms with van der Waals surface area (Å²) in [6.45, 7) is -0.184. The second kappa shape index (κ2) is 5.79. The lowest BCUT2D eigenvalue weighted by molar-refractivity contribution is 0.155. The topological polar surface area (TPSA) is 49.0 Å². The van der Waals surface area contributed by atoms with Gasteiger partial charge in [-0.15, -0.1) is 0 Å².